The molecule has 0 radical (unpaired) electrons. The van der Waals surface area contributed by atoms with E-state index in [1.54, 1.807) is 11.8 Å². The third kappa shape index (κ3) is 4.33. The maximum Gasteiger partial charge on any atom is 0.261 e. The van der Waals surface area contributed by atoms with Gasteiger partial charge in [-0.05, 0) is 24.3 Å². The third-order valence-corrected chi connectivity index (χ3v) is 5.75. The van der Waals surface area contributed by atoms with Crippen LogP contribution in [0.25, 0.3) is 0 Å². The fourth-order valence-electron chi connectivity index (χ4n) is 2.41. The Morgan fingerprint density at radius 1 is 1.57 bits per heavy atom. The van der Waals surface area contributed by atoms with Gasteiger partial charge in [-0.15, -0.1) is 21.5 Å². The largest absolute Gasteiger partial charge is 0.377 e. The number of carbonyl (C=O) groups is 1. The van der Waals surface area contributed by atoms with Gasteiger partial charge in [-0.1, -0.05) is 17.8 Å². The van der Waals surface area contributed by atoms with Crippen molar-refractivity contribution in [3.63, 3.8) is 0 Å². The van der Waals surface area contributed by atoms with Gasteiger partial charge in [0.25, 0.3) is 5.91 Å². The first-order valence-corrected chi connectivity index (χ1v) is 9.55. The SMILES string of the molecule is Cn1c(CCNC(=O)c2cccs2)nnc1SCC1CCCO1. The molecule has 8 heteroatoms. The van der Waals surface area contributed by atoms with Crippen LogP contribution in [0.1, 0.15) is 28.3 Å². The van der Waals surface area contributed by atoms with Gasteiger partial charge in [-0.25, -0.2) is 0 Å². The van der Waals surface area contributed by atoms with Crippen LogP contribution in [0.4, 0.5) is 0 Å². The summed E-state index contributed by atoms with van der Waals surface area (Å²) in [6, 6.07) is 3.70. The minimum atomic E-state index is -0.0323. The van der Waals surface area contributed by atoms with E-state index in [4.69, 9.17) is 4.74 Å². The van der Waals surface area contributed by atoms with Crippen molar-refractivity contribution in [3.05, 3.63) is 28.2 Å². The van der Waals surface area contributed by atoms with Crippen molar-refractivity contribution in [1.29, 1.82) is 0 Å². The highest BCUT2D eigenvalue weighted by Gasteiger charge is 2.18. The molecule has 0 bridgehead atoms. The molecule has 0 saturated carbocycles. The Balaban J connectivity index is 1.46. The molecule has 0 aromatic carbocycles. The molecule has 2 aromatic rings. The number of nitrogens with zero attached hydrogens (tertiary/aromatic N) is 3. The van der Waals surface area contributed by atoms with Gasteiger partial charge >= 0.3 is 0 Å². The first kappa shape index (κ1) is 16.5. The summed E-state index contributed by atoms with van der Waals surface area (Å²) < 4.78 is 7.62. The van der Waals surface area contributed by atoms with E-state index in [0.717, 1.165) is 41.1 Å². The van der Waals surface area contributed by atoms with Gasteiger partial charge in [-0.3, -0.25) is 4.79 Å². The summed E-state index contributed by atoms with van der Waals surface area (Å²) in [7, 11) is 1.97. The minimum absolute atomic E-state index is 0.0323. The summed E-state index contributed by atoms with van der Waals surface area (Å²) in [6.07, 6.45) is 3.29. The van der Waals surface area contributed by atoms with E-state index < -0.39 is 0 Å². The maximum atomic E-state index is 11.9. The topological polar surface area (TPSA) is 69.0 Å². The second kappa shape index (κ2) is 7.94. The van der Waals surface area contributed by atoms with Crippen LogP contribution in [-0.4, -0.2) is 45.7 Å². The fraction of sp³-hybridized carbons (Fsp3) is 0.533. The molecule has 2 aromatic heterocycles. The lowest BCUT2D eigenvalue weighted by atomic mass is 10.3. The van der Waals surface area contributed by atoms with E-state index in [0.29, 0.717) is 19.1 Å². The van der Waals surface area contributed by atoms with Crippen molar-refractivity contribution in [2.45, 2.75) is 30.5 Å². The summed E-state index contributed by atoms with van der Waals surface area (Å²) in [5, 5.41) is 14.2. The molecular formula is C15H20N4O2S2. The Labute approximate surface area is 143 Å². The molecule has 1 fully saturated rings. The molecular weight excluding hydrogens is 332 g/mol. The molecule has 1 aliphatic rings. The normalized spacial score (nSPS) is 17.5. The van der Waals surface area contributed by atoms with E-state index in [1.165, 1.54) is 11.3 Å². The molecule has 1 atom stereocenters. The van der Waals surface area contributed by atoms with Crippen molar-refractivity contribution in [2.24, 2.45) is 7.05 Å². The van der Waals surface area contributed by atoms with Crippen LogP contribution in [0, 0.1) is 0 Å². The van der Waals surface area contributed by atoms with E-state index in [2.05, 4.69) is 15.5 Å². The summed E-state index contributed by atoms with van der Waals surface area (Å²) in [5.41, 5.74) is 0. The lowest BCUT2D eigenvalue weighted by Crippen LogP contribution is -2.25. The number of hydrogen-bond donors (Lipinski definition) is 1. The van der Waals surface area contributed by atoms with Crippen molar-refractivity contribution < 1.29 is 9.53 Å². The average molecular weight is 352 g/mol. The predicted molar refractivity (Wildman–Crippen MR) is 91.1 cm³/mol. The fourth-order valence-corrected chi connectivity index (χ4v) is 4.05. The van der Waals surface area contributed by atoms with Crippen LogP contribution in [0.3, 0.4) is 0 Å². The van der Waals surface area contributed by atoms with Crippen LogP contribution in [0.2, 0.25) is 0 Å². The summed E-state index contributed by atoms with van der Waals surface area (Å²) in [4.78, 5) is 12.6. The standard InChI is InChI=1S/C15H20N4O2S2/c1-19-13(6-7-16-14(20)12-5-3-9-22-12)17-18-15(19)23-10-11-4-2-8-21-11/h3,5,9,11H,2,4,6-8,10H2,1H3,(H,16,20). The molecule has 1 N–H and O–H groups in total. The monoisotopic (exact) mass is 352 g/mol. The lowest BCUT2D eigenvalue weighted by Gasteiger charge is -2.08. The van der Waals surface area contributed by atoms with Crippen LogP contribution in [0.15, 0.2) is 22.7 Å². The zero-order chi connectivity index (χ0) is 16.1. The second-order valence-corrected chi connectivity index (χ2v) is 7.32. The summed E-state index contributed by atoms with van der Waals surface area (Å²) >= 11 is 3.12. The summed E-state index contributed by atoms with van der Waals surface area (Å²) in [5.74, 6) is 1.77. The molecule has 1 aliphatic heterocycles. The first-order chi connectivity index (χ1) is 11.2. The first-order valence-electron chi connectivity index (χ1n) is 7.68. The highest BCUT2D eigenvalue weighted by Crippen LogP contribution is 2.22. The van der Waals surface area contributed by atoms with Gasteiger partial charge in [0.1, 0.15) is 5.82 Å². The van der Waals surface area contributed by atoms with Crippen molar-refractivity contribution in [3.8, 4) is 0 Å². The predicted octanol–water partition coefficient (Wildman–Crippen LogP) is 2.12. The molecule has 1 amide bonds. The van der Waals surface area contributed by atoms with Gasteiger partial charge < -0.3 is 14.6 Å². The van der Waals surface area contributed by atoms with Gasteiger partial charge in [0.05, 0.1) is 11.0 Å². The molecule has 1 unspecified atom stereocenters. The van der Waals surface area contributed by atoms with Crippen molar-refractivity contribution in [1.82, 2.24) is 20.1 Å². The van der Waals surface area contributed by atoms with Crippen molar-refractivity contribution >= 4 is 29.0 Å². The minimum Gasteiger partial charge on any atom is -0.377 e. The lowest BCUT2D eigenvalue weighted by molar-refractivity contribution is 0.0958. The van der Waals surface area contributed by atoms with Gasteiger partial charge in [0, 0.05) is 32.4 Å². The number of ether oxygens (including phenoxy) is 1. The molecule has 23 heavy (non-hydrogen) atoms. The zero-order valence-electron chi connectivity index (χ0n) is 13.0. The molecule has 0 spiro atoms. The van der Waals surface area contributed by atoms with E-state index in [-0.39, 0.29) is 5.91 Å². The molecule has 1 saturated heterocycles. The molecule has 0 aliphatic carbocycles. The number of nitrogens with one attached hydrogen (secondary N) is 1. The molecule has 124 valence electrons. The van der Waals surface area contributed by atoms with E-state index >= 15 is 0 Å². The van der Waals surface area contributed by atoms with Crippen LogP contribution in [0.5, 0.6) is 0 Å². The molecule has 3 rings (SSSR count). The Hall–Kier alpha value is -1.38. The van der Waals surface area contributed by atoms with Gasteiger partial charge in [-0.2, -0.15) is 0 Å². The Morgan fingerprint density at radius 3 is 3.22 bits per heavy atom. The second-order valence-electron chi connectivity index (χ2n) is 5.39. The number of thiophene rings is 1. The number of amides is 1. The van der Waals surface area contributed by atoms with Crippen molar-refractivity contribution in [2.75, 3.05) is 18.9 Å². The maximum absolute atomic E-state index is 11.9. The highest BCUT2D eigenvalue weighted by atomic mass is 32.2. The van der Waals surface area contributed by atoms with Gasteiger partial charge in [0.2, 0.25) is 0 Å². The van der Waals surface area contributed by atoms with E-state index in [9.17, 15) is 4.79 Å². The Morgan fingerprint density at radius 2 is 2.48 bits per heavy atom. The van der Waals surface area contributed by atoms with E-state index in [1.807, 2.05) is 29.1 Å². The molecule has 6 nitrogen and oxygen atoms in total. The van der Waals surface area contributed by atoms with Gasteiger partial charge in [0.15, 0.2) is 5.16 Å². The number of carbonyl (C=O) groups excluding carboxylic acids is 1. The smallest absolute Gasteiger partial charge is 0.261 e. The number of hydrogen-bond acceptors (Lipinski definition) is 6. The number of rotatable bonds is 7. The molecule has 3 heterocycles. The quantitative estimate of drug-likeness (QED) is 0.773. The third-order valence-electron chi connectivity index (χ3n) is 3.73. The average Bonchev–Trinajstić information content (AvgIpc) is 3.29. The summed E-state index contributed by atoms with van der Waals surface area (Å²) in [6.45, 7) is 1.43. The van der Waals surface area contributed by atoms with Crippen LogP contribution in [-0.2, 0) is 18.2 Å². The Kier molecular flexibility index (Phi) is 5.69. The highest BCUT2D eigenvalue weighted by molar-refractivity contribution is 7.99. The number of thioether (sulfide) groups is 1. The van der Waals surface area contributed by atoms with Crippen LogP contribution < -0.4 is 5.32 Å². The number of aromatic nitrogens is 3. The Bertz CT molecular complexity index is 636. The zero-order valence-corrected chi connectivity index (χ0v) is 14.7. The van der Waals surface area contributed by atoms with Crippen LogP contribution >= 0.6 is 23.1 Å².